The van der Waals surface area contributed by atoms with Gasteiger partial charge in [0.1, 0.15) is 16.5 Å². The number of ether oxygens (including phenoxy) is 1. The molecule has 0 aliphatic carbocycles. The van der Waals surface area contributed by atoms with Crippen LogP contribution >= 0.6 is 0 Å². The Morgan fingerprint density at radius 3 is 2.44 bits per heavy atom. The Balaban J connectivity index is 1.90. The predicted molar refractivity (Wildman–Crippen MR) is 124 cm³/mol. The van der Waals surface area contributed by atoms with Crippen LogP contribution in [0, 0.1) is 15.9 Å². The molecular formula is C24H19FN2O6S. The van der Waals surface area contributed by atoms with Gasteiger partial charge in [-0.2, -0.15) is 0 Å². The summed E-state index contributed by atoms with van der Waals surface area (Å²) in [5.41, 5.74) is 0.197. The van der Waals surface area contributed by atoms with Gasteiger partial charge in [0.25, 0.3) is 11.6 Å². The molecule has 8 nitrogen and oxygen atoms in total. The van der Waals surface area contributed by atoms with Crippen molar-refractivity contribution in [3.05, 3.63) is 105 Å². The number of hydrogen-bond donors (Lipinski definition) is 0. The average Bonchev–Trinajstić information content (AvgIpc) is 3.00. The highest BCUT2D eigenvalue weighted by Gasteiger charge is 2.50. The summed E-state index contributed by atoms with van der Waals surface area (Å²) in [5, 5.41) is 9.75. The molecule has 3 aromatic rings. The van der Waals surface area contributed by atoms with Gasteiger partial charge in [0.15, 0.2) is 5.37 Å². The van der Waals surface area contributed by atoms with Gasteiger partial charge in [0.2, 0.25) is 9.84 Å². The maximum atomic E-state index is 13.7. The van der Waals surface area contributed by atoms with Crippen LogP contribution < -0.4 is 9.64 Å². The molecule has 1 aliphatic rings. The lowest BCUT2D eigenvalue weighted by atomic mass is 10.1. The van der Waals surface area contributed by atoms with Crippen molar-refractivity contribution < 1.29 is 27.3 Å². The van der Waals surface area contributed by atoms with Gasteiger partial charge in [-0.3, -0.25) is 19.8 Å². The monoisotopic (exact) mass is 482 g/mol. The predicted octanol–water partition coefficient (Wildman–Crippen LogP) is 4.63. The second-order valence-corrected chi connectivity index (χ2v) is 9.39. The van der Waals surface area contributed by atoms with Gasteiger partial charge >= 0.3 is 0 Å². The number of nitrogens with zero attached hydrogens (tertiary/aromatic N) is 2. The Labute approximate surface area is 195 Å². The third-order valence-corrected chi connectivity index (χ3v) is 7.18. The molecule has 1 fully saturated rings. The fraction of sp³-hybridized carbons (Fsp3) is 0.125. The van der Waals surface area contributed by atoms with Crippen molar-refractivity contribution in [2.45, 2.75) is 12.3 Å². The van der Waals surface area contributed by atoms with Gasteiger partial charge in [0, 0.05) is 17.8 Å². The van der Waals surface area contributed by atoms with Crippen LogP contribution in [0.2, 0.25) is 0 Å². The number of rotatable bonds is 6. The Bertz CT molecular complexity index is 1400. The number of amides is 1. The first kappa shape index (κ1) is 23.1. The van der Waals surface area contributed by atoms with Crippen LogP contribution in [-0.4, -0.2) is 25.9 Å². The summed E-state index contributed by atoms with van der Waals surface area (Å²) in [7, 11) is -4.34. The smallest absolute Gasteiger partial charge is 0.271 e. The maximum absolute atomic E-state index is 13.7. The molecule has 1 amide bonds. The van der Waals surface area contributed by atoms with E-state index in [4.69, 9.17) is 4.74 Å². The average molecular weight is 482 g/mol. The van der Waals surface area contributed by atoms with Crippen LogP contribution in [0.5, 0.6) is 5.75 Å². The topological polar surface area (TPSA) is 107 Å². The van der Waals surface area contributed by atoms with Crippen LogP contribution in [0.25, 0.3) is 6.08 Å². The summed E-state index contributed by atoms with van der Waals surface area (Å²) in [6.07, 6.45) is 1.11. The van der Waals surface area contributed by atoms with Crippen molar-refractivity contribution in [3.8, 4) is 5.75 Å². The molecular weight excluding hydrogens is 463 g/mol. The number of carbonyl (C=O) groups is 1. The quantitative estimate of drug-likeness (QED) is 0.288. The van der Waals surface area contributed by atoms with Crippen molar-refractivity contribution in [2.75, 3.05) is 11.5 Å². The second-order valence-electron chi connectivity index (χ2n) is 7.42. The highest BCUT2D eigenvalue weighted by Crippen LogP contribution is 2.44. The highest BCUT2D eigenvalue weighted by atomic mass is 32.2. The molecule has 1 saturated heterocycles. The highest BCUT2D eigenvalue weighted by molar-refractivity contribution is 7.97. The molecule has 1 atom stereocenters. The summed E-state index contributed by atoms with van der Waals surface area (Å²) < 4.78 is 46.3. The zero-order valence-electron chi connectivity index (χ0n) is 17.9. The van der Waals surface area contributed by atoms with Gasteiger partial charge in [-0.1, -0.05) is 24.3 Å². The Morgan fingerprint density at radius 2 is 1.79 bits per heavy atom. The van der Waals surface area contributed by atoms with Gasteiger partial charge in [0.05, 0.1) is 11.5 Å². The Kier molecular flexibility index (Phi) is 6.16. The Hall–Kier alpha value is -4.05. The molecule has 1 aliphatic heterocycles. The molecule has 0 aromatic heterocycles. The number of sulfone groups is 1. The number of nitro groups is 1. The third-order valence-electron chi connectivity index (χ3n) is 5.20. The van der Waals surface area contributed by atoms with Crippen LogP contribution in [-0.2, 0) is 14.6 Å². The van der Waals surface area contributed by atoms with Gasteiger partial charge in [-0.25, -0.2) is 12.8 Å². The van der Waals surface area contributed by atoms with E-state index >= 15 is 0 Å². The lowest BCUT2D eigenvalue weighted by molar-refractivity contribution is -0.384. The third kappa shape index (κ3) is 4.27. The molecule has 10 heteroatoms. The van der Waals surface area contributed by atoms with E-state index in [-0.39, 0.29) is 22.5 Å². The van der Waals surface area contributed by atoms with Crippen LogP contribution in [0.4, 0.5) is 15.8 Å². The van der Waals surface area contributed by atoms with Crippen LogP contribution in [0.1, 0.15) is 23.4 Å². The SMILES string of the molecule is CCOc1ccc(N2C(=O)C(=Cc3cccc(F)c3)S(=O)(=O)C2c2cccc([N+](=O)[O-])c2)cc1. The van der Waals surface area contributed by atoms with Gasteiger partial charge < -0.3 is 4.74 Å². The fourth-order valence-corrected chi connectivity index (χ4v) is 5.62. The molecule has 0 bridgehead atoms. The molecule has 0 spiro atoms. The van der Waals surface area contributed by atoms with E-state index in [1.165, 1.54) is 48.5 Å². The van der Waals surface area contributed by atoms with Crippen LogP contribution in [0.3, 0.4) is 0 Å². The number of anilines is 1. The van der Waals surface area contributed by atoms with E-state index in [1.807, 2.05) is 6.92 Å². The molecule has 1 unspecified atom stereocenters. The number of non-ortho nitro benzene ring substituents is 1. The summed E-state index contributed by atoms with van der Waals surface area (Å²) in [6.45, 7) is 2.24. The zero-order chi connectivity index (χ0) is 24.5. The number of hydrogen-bond acceptors (Lipinski definition) is 6. The van der Waals surface area contributed by atoms with Crippen molar-refractivity contribution in [1.29, 1.82) is 0 Å². The normalized spacial score (nSPS) is 18.3. The number of benzene rings is 3. The first-order valence-corrected chi connectivity index (χ1v) is 11.8. The van der Waals surface area contributed by atoms with Crippen molar-refractivity contribution in [1.82, 2.24) is 0 Å². The summed E-state index contributed by atoms with van der Waals surface area (Å²) >= 11 is 0. The van der Waals surface area contributed by atoms with Gasteiger partial charge in [-0.15, -0.1) is 0 Å². The van der Waals surface area contributed by atoms with E-state index in [9.17, 15) is 27.7 Å². The number of carbonyl (C=O) groups excluding carboxylic acids is 1. The molecule has 0 radical (unpaired) electrons. The summed E-state index contributed by atoms with van der Waals surface area (Å²) in [4.78, 5) is 24.6. The van der Waals surface area contributed by atoms with E-state index in [2.05, 4.69) is 0 Å². The molecule has 0 N–H and O–H groups in total. The van der Waals surface area contributed by atoms with E-state index in [1.54, 1.807) is 12.1 Å². The standard InChI is InChI=1S/C24H19FN2O6S/c1-2-33-21-11-9-19(10-12-21)26-23(28)22(14-16-5-3-7-18(25)13-16)34(31,32)24(26)17-6-4-8-20(15-17)27(29)30/h3-15,24H,2H2,1H3. The fourth-order valence-electron chi connectivity index (χ4n) is 3.74. The molecule has 174 valence electrons. The van der Waals surface area contributed by atoms with E-state index in [0.29, 0.717) is 12.4 Å². The van der Waals surface area contributed by atoms with Gasteiger partial charge in [-0.05, 0) is 60.5 Å². The lowest BCUT2D eigenvalue weighted by Gasteiger charge is -2.23. The Morgan fingerprint density at radius 1 is 1.09 bits per heavy atom. The summed E-state index contributed by atoms with van der Waals surface area (Å²) in [5.74, 6) is -0.885. The minimum Gasteiger partial charge on any atom is -0.494 e. The molecule has 4 rings (SSSR count). The number of halogens is 1. The van der Waals surface area contributed by atoms with E-state index < -0.39 is 36.8 Å². The zero-order valence-corrected chi connectivity index (χ0v) is 18.7. The van der Waals surface area contributed by atoms with Crippen LogP contribution in [0.15, 0.2) is 77.7 Å². The largest absolute Gasteiger partial charge is 0.494 e. The first-order valence-electron chi connectivity index (χ1n) is 10.2. The summed E-state index contributed by atoms with van der Waals surface area (Å²) in [6, 6.07) is 16.6. The molecule has 1 heterocycles. The van der Waals surface area contributed by atoms with E-state index in [0.717, 1.165) is 23.1 Å². The molecule has 34 heavy (non-hydrogen) atoms. The van der Waals surface area contributed by atoms with Crippen molar-refractivity contribution >= 4 is 33.2 Å². The first-order chi connectivity index (χ1) is 16.2. The minimum absolute atomic E-state index is 0.0547. The maximum Gasteiger partial charge on any atom is 0.271 e. The van der Waals surface area contributed by atoms with Crippen molar-refractivity contribution in [2.24, 2.45) is 0 Å². The minimum atomic E-state index is -4.34. The molecule has 0 saturated carbocycles. The van der Waals surface area contributed by atoms with Crippen molar-refractivity contribution in [3.63, 3.8) is 0 Å². The second kappa shape index (κ2) is 9.06. The lowest BCUT2D eigenvalue weighted by Crippen LogP contribution is -2.29. The number of nitro benzene ring substituents is 1. The molecule has 3 aromatic carbocycles.